The third kappa shape index (κ3) is 3.28. The van der Waals surface area contributed by atoms with Crippen LogP contribution in [0.15, 0.2) is 30.3 Å². The number of nitro benzene ring substituents is 1. The Bertz CT molecular complexity index is 671. The van der Waals surface area contributed by atoms with Crippen molar-refractivity contribution < 1.29 is 14.4 Å². The smallest absolute Gasteiger partial charge is 0.279 e. The summed E-state index contributed by atoms with van der Waals surface area (Å²) in [4.78, 5) is 14.9. The zero-order valence-corrected chi connectivity index (χ0v) is 12.1. The summed E-state index contributed by atoms with van der Waals surface area (Å²) in [7, 11) is 1.47. The number of benzene rings is 1. The number of pyridine rings is 1. The lowest BCUT2D eigenvalue weighted by atomic mass is 10.1. The van der Waals surface area contributed by atoms with Gasteiger partial charge in [-0.2, -0.15) is 0 Å². The number of methoxy groups -OCH3 is 1. The van der Waals surface area contributed by atoms with E-state index in [1.807, 2.05) is 26.0 Å². The second kappa shape index (κ2) is 6.21. The molecule has 0 aliphatic carbocycles. The van der Waals surface area contributed by atoms with Crippen molar-refractivity contribution >= 4 is 5.69 Å². The highest BCUT2D eigenvalue weighted by atomic mass is 16.6. The van der Waals surface area contributed by atoms with Crippen molar-refractivity contribution in [2.75, 3.05) is 7.11 Å². The zero-order valence-electron chi connectivity index (χ0n) is 12.1. The third-order valence-electron chi connectivity index (χ3n) is 3.07. The lowest BCUT2D eigenvalue weighted by Gasteiger charge is -2.11. The maximum Gasteiger partial charge on any atom is 0.279 e. The van der Waals surface area contributed by atoms with E-state index in [0.717, 1.165) is 11.3 Å². The summed E-state index contributed by atoms with van der Waals surface area (Å²) in [5.41, 5.74) is 2.07. The Labute approximate surface area is 122 Å². The summed E-state index contributed by atoms with van der Waals surface area (Å²) in [6.07, 6.45) is 0. The van der Waals surface area contributed by atoms with Crippen LogP contribution in [-0.4, -0.2) is 17.0 Å². The molecule has 110 valence electrons. The van der Waals surface area contributed by atoms with E-state index in [9.17, 15) is 10.1 Å². The fourth-order valence-electron chi connectivity index (χ4n) is 1.95. The van der Waals surface area contributed by atoms with Crippen molar-refractivity contribution in [3.8, 4) is 11.6 Å². The van der Waals surface area contributed by atoms with Gasteiger partial charge in [-0.15, -0.1) is 0 Å². The van der Waals surface area contributed by atoms with Crippen LogP contribution in [0.25, 0.3) is 0 Å². The van der Waals surface area contributed by atoms with Crippen LogP contribution in [0.5, 0.6) is 11.6 Å². The van der Waals surface area contributed by atoms with Crippen LogP contribution >= 0.6 is 0 Å². The number of nitrogens with zero attached hydrogens (tertiary/aromatic N) is 2. The normalized spacial score (nSPS) is 10.2. The molecule has 0 unspecified atom stereocenters. The van der Waals surface area contributed by atoms with Gasteiger partial charge in [0.25, 0.3) is 5.69 Å². The minimum absolute atomic E-state index is 0.0254. The zero-order chi connectivity index (χ0) is 15.4. The molecule has 1 heterocycles. The minimum atomic E-state index is -0.447. The lowest BCUT2D eigenvalue weighted by molar-refractivity contribution is -0.385. The molecule has 1 aromatic heterocycles. The molecule has 0 N–H and O–H groups in total. The van der Waals surface area contributed by atoms with Crippen molar-refractivity contribution in [1.29, 1.82) is 0 Å². The van der Waals surface area contributed by atoms with Crippen molar-refractivity contribution in [2.24, 2.45) is 0 Å². The molecule has 0 aliphatic heterocycles. The summed E-state index contributed by atoms with van der Waals surface area (Å²) >= 11 is 0. The number of aryl methyl sites for hydroxylation is 2. The number of rotatable bonds is 5. The standard InChI is InChI=1S/C15H16N2O4/c1-10-7-8-11(2)16-15(10)21-9-12-13(17(18)19)5-4-6-14(12)20-3/h4-8H,9H2,1-3H3. The van der Waals surface area contributed by atoms with Gasteiger partial charge in [0.15, 0.2) is 0 Å². The molecule has 2 aromatic rings. The highest BCUT2D eigenvalue weighted by molar-refractivity contribution is 5.49. The number of hydrogen-bond acceptors (Lipinski definition) is 5. The van der Waals surface area contributed by atoms with E-state index < -0.39 is 4.92 Å². The van der Waals surface area contributed by atoms with Crippen molar-refractivity contribution in [3.63, 3.8) is 0 Å². The molecule has 0 saturated heterocycles. The van der Waals surface area contributed by atoms with E-state index in [1.165, 1.54) is 13.2 Å². The van der Waals surface area contributed by atoms with Gasteiger partial charge in [0, 0.05) is 17.3 Å². The average molecular weight is 288 g/mol. The molecule has 1 aromatic carbocycles. The van der Waals surface area contributed by atoms with E-state index in [0.29, 0.717) is 17.2 Å². The molecule has 21 heavy (non-hydrogen) atoms. The molecule has 0 saturated carbocycles. The Morgan fingerprint density at radius 2 is 2.00 bits per heavy atom. The first kappa shape index (κ1) is 14.8. The summed E-state index contributed by atoms with van der Waals surface area (Å²) in [5, 5.41) is 11.1. The molecule has 0 bridgehead atoms. The van der Waals surface area contributed by atoms with Crippen LogP contribution in [0.2, 0.25) is 0 Å². The maximum atomic E-state index is 11.1. The Balaban J connectivity index is 2.31. The van der Waals surface area contributed by atoms with Crippen LogP contribution in [0.3, 0.4) is 0 Å². The van der Waals surface area contributed by atoms with Crippen molar-refractivity contribution in [1.82, 2.24) is 4.98 Å². The average Bonchev–Trinajstić information content (AvgIpc) is 2.47. The number of ether oxygens (including phenoxy) is 2. The lowest BCUT2D eigenvalue weighted by Crippen LogP contribution is -2.05. The molecule has 0 fully saturated rings. The molecular weight excluding hydrogens is 272 g/mol. The van der Waals surface area contributed by atoms with Crippen LogP contribution < -0.4 is 9.47 Å². The highest BCUT2D eigenvalue weighted by Gasteiger charge is 2.19. The third-order valence-corrected chi connectivity index (χ3v) is 3.07. The van der Waals surface area contributed by atoms with Gasteiger partial charge in [0.1, 0.15) is 17.9 Å². The highest BCUT2D eigenvalue weighted by Crippen LogP contribution is 2.29. The van der Waals surface area contributed by atoms with Gasteiger partial charge >= 0.3 is 0 Å². The Morgan fingerprint density at radius 1 is 1.24 bits per heavy atom. The number of hydrogen-bond donors (Lipinski definition) is 0. The molecule has 0 spiro atoms. The fourth-order valence-corrected chi connectivity index (χ4v) is 1.95. The van der Waals surface area contributed by atoms with Crippen LogP contribution in [0.1, 0.15) is 16.8 Å². The summed E-state index contributed by atoms with van der Waals surface area (Å²) in [6.45, 7) is 3.76. The fraction of sp³-hybridized carbons (Fsp3) is 0.267. The quantitative estimate of drug-likeness (QED) is 0.624. The molecule has 0 aliphatic rings. The summed E-state index contributed by atoms with van der Waals surface area (Å²) in [5.74, 6) is 0.893. The summed E-state index contributed by atoms with van der Waals surface area (Å²) < 4.78 is 10.8. The summed E-state index contributed by atoms with van der Waals surface area (Å²) in [6, 6.07) is 8.46. The van der Waals surface area contributed by atoms with Gasteiger partial charge in [-0.25, -0.2) is 4.98 Å². The topological polar surface area (TPSA) is 74.5 Å². The molecule has 6 nitrogen and oxygen atoms in total. The molecule has 0 amide bonds. The van der Waals surface area contributed by atoms with Gasteiger partial charge < -0.3 is 9.47 Å². The maximum absolute atomic E-state index is 11.1. The second-order valence-corrected chi connectivity index (χ2v) is 4.58. The number of nitro groups is 1. The Morgan fingerprint density at radius 3 is 2.67 bits per heavy atom. The van der Waals surface area contributed by atoms with Crippen molar-refractivity contribution in [3.05, 3.63) is 57.3 Å². The van der Waals surface area contributed by atoms with E-state index >= 15 is 0 Å². The first-order chi connectivity index (χ1) is 10.0. The van der Waals surface area contributed by atoms with E-state index in [4.69, 9.17) is 9.47 Å². The first-order valence-electron chi connectivity index (χ1n) is 6.40. The van der Waals surface area contributed by atoms with Crippen molar-refractivity contribution in [2.45, 2.75) is 20.5 Å². The minimum Gasteiger partial charge on any atom is -0.496 e. The van der Waals surface area contributed by atoms with Gasteiger partial charge in [-0.3, -0.25) is 10.1 Å². The van der Waals surface area contributed by atoms with E-state index in [-0.39, 0.29) is 12.3 Å². The second-order valence-electron chi connectivity index (χ2n) is 4.58. The van der Waals surface area contributed by atoms with Crippen LogP contribution in [0, 0.1) is 24.0 Å². The molecule has 6 heteroatoms. The van der Waals surface area contributed by atoms with Gasteiger partial charge in [0.2, 0.25) is 5.88 Å². The van der Waals surface area contributed by atoms with E-state index in [2.05, 4.69) is 4.98 Å². The molecule has 2 rings (SSSR count). The van der Waals surface area contributed by atoms with E-state index in [1.54, 1.807) is 12.1 Å². The largest absolute Gasteiger partial charge is 0.496 e. The predicted octanol–water partition coefficient (Wildman–Crippen LogP) is 3.19. The predicted molar refractivity (Wildman–Crippen MR) is 77.7 cm³/mol. The Kier molecular flexibility index (Phi) is 4.37. The molecular formula is C15H16N2O4. The van der Waals surface area contributed by atoms with Gasteiger partial charge in [-0.05, 0) is 26.0 Å². The molecule has 0 radical (unpaired) electrons. The monoisotopic (exact) mass is 288 g/mol. The van der Waals surface area contributed by atoms with Gasteiger partial charge in [0.05, 0.1) is 12.0 Å². The van der Waals surface area contributed by atoms with Gasteiger partial charge in [-0.1, -0.05) is 12.1 Å². The molecule has 0 atom stereocenters. The van der Waals surface area contributed by atoms with Crippen LogP contribution in [-0.2, 0) is 6.61 Å². The Hall–Kier alpha value is -2.63. The SMILES string of the molecule is COc1cccc([N+](=O)[O-])c1COc1nc(C)ccc1C. The van der Waals surface area contributed by atoms with Crippen LogP contribution in [0.4, 0.5) is 5.69 Å². The first-order valence-corrected chi connectivity index (χ1v) is 6.40. The number of aromatic nitrogens is 1.